The molecule has 0 unspecified atom stereocenters. The quantitative estimate of drug-likeness (QED) is 0.297. The third kappa shape index (κ3) is 8.47. The van der Waals surface area contributed by atoms with Crippen LogP contribution in [0.2, 0.25) is 5.02 Å². The van der Waals surface area contributed by atoms with Gasteiger partial charge in [-0.05, 0) is 42.7 Å². The average Bonchev–Trinajstić information content (AvgIpc) is 2.93. The first-order chi connectivity index (χ1) is 19.2. The second-order valence-electron chi connectivity index (χ2n) is 9.28. The second-order valence-corrected chi connectivity index (χ2v) is 11.6. The molecule has 0 fully saturated rings. The maximum absolute atomic E-state index is 14.1. The summed E-state index contributed by atoms with van der Waals surface area (Å²) in [6.45, 7) is 3.98. The molecular weight excluding hydrogens is 550 g/mol. The highest BCUT2D eigenvalue weighted by Crippen LogP contribution is 2.30. The number of carbonyl (C=O) groups excluding carboxylic acids is 2. The van der Waals surface area contributed by atoms with Crippen LogP contribution in [0, 0.1) is 0 Å². The zero-order valence-electron chi connectivity index (χ0n) is 23.0. The molecule has 0 aromatic heterocycles. The van der Waals surface area contributed by atoms with Crippen LogP contribution >= 0.6 is 11.6 Å². The van der Waals surface area contributed by atoms with Crippen LogP contribution < -0.4 is 14.4 Å². The Morgan fingerprint density at radius 1 is 0.950 bits per heavy atom. The van der Waals surface area contributed by atoms with Gasteiger partial charge in [-0.25, -0.2) is 8.42 Å². The van der Waals surface area contributed by atoms with Crippen molar-refractivity contribution in [2.24, 2.45) is 0 Å². The van der Waals surface area contributed by atoms with Crippen LogP contribution in [-0.4, -0.2) is 57.1 Å². The normalized spacial score (nSPS) is 11.9. The van der Waals surface area contributed by atoms with Crippen LogP contribution in [0.4, 0.5) is 5.69 Å². The van der Waals surface area contributed by atoms with Crippen molar-refractivity contribution < 1.29 is 22.7 Å². The van der Waals surface area contributed by atoms with Gasteiger partial charge in [-0.1, -0.05) is 79.2 Å². The minimum absolute atomic E-state index is 0.0141. The van der Waals surface area contributed by atoms with Gasteiger partial charge in [0.2, 0.25) is 21.8 Å². The van der Waals surface area contributed by atoms with Crippen LogP contribution in [-0.2, 0) is 32.6 Å². The summed E-state index contributed by atoms with van der Waals surface area (Å²) < 4.78 is 32.7. The molecule has 0 bridgehead atoms. The smallest absolute Gasteiger partial charge is 0.244 e. The summed E-state index contributed by atoms with van der Waals surface area (Å²) in [4.78, 5) is 29.1. The molecule has 1 N–H and O–H groups in total. The molecule has 0 heterocycles. The maximum Gasteiger partial charge on any atom is 0.244 e. The van der Waals surface area contributed by atoms with E-state index >= 15 is 0 Å². The minimum atomic E-state index is -3.91. The zero-order chi connectivity index (χ0) is 29.1. The SMILES string of the molecule is CCCNC(=O)[C@H](Cc1ccccc1)N(Cc1ccccc1Cl)C(=O)CN(c1ccccc1OCC)S(C)(=O)=O. The Hall–Kier alpha value is -3.56. The van der Waals surface area contributed by atoms with E-state index in [-0.39, 0.29) is 24.6 Å². The maximum atomic E-state index is 14.1. The Morgan fingerprint density at radius 3 is 2.25 bits per heavy atom. The number of hydrogen-bond donors (Lipinski definition) is 1. The van der Waals surface area contributed by atoms with E-state index in [1.807, 2.05) is 37.3 Å². The molecule has 214 valence electrons. The largest absolute Gasteiger partial charge is 0.492 e. The highest BCUT2D eigenvalue weighted by Gasteiger charge is 2.33. The molecule has 0 radical (unpaired) electrons. The Morgan fingerprint density at radius 2 is 1.60 bits per heavy atom. The van der Waals surface area contributed by atoms with Crippen LogP contribution in [0.25, 0.3) is 0 Å². The summed E-state index contributed by atoms with van der Waals surface area (Å²) in [7, 11) is -3.91. The molecule has 0 saturated heterocycles. The van der Waals surface area contributed by atoms with Crippen molar-refractivity contribution in [3.8, 4) is 5.75 Å². The minimum Gasteiger partial charge on any atom is -0.492 e. The standard InChI is InChI=1S/C30H36ClN3O5S/c1-4-19-32-30(36)27(20-23-13-7-6-8-14-23)33(21-24-15-9-10-16-25(24)31)29(35)22-34(40(3,37)38)26-17-11-12-18-28(26)39-5-2/h6-18,27H,4-5,19-22H2,1-3H3,(H,32,36)/t27-/m0/s1. The number of benzene rings is 3. The van der Waals surface area contributed by atoms with Gasteiger partial charge < -0.3 is 15.0 Å². The average molecular weight is 586 g/mol. The Kier molecular flexibility index (Phi) is 11.4. The molecule has 0 spiro atoms. The van der Waals surface area contributed by atoms with E-state index in [0.717, 1.165) is 22.5 Å². The predicted octanol–water partition coefficient (Wildman–Crippen LogP) is 4.67. The number of carbonyl (C=O) groups is 2. The van der Waals surface area contributed by atoms with E-state index in [2.05, 4.69) is 5.32 Å². The number of para-hydroxylation sites is 2. The lowest BCUT2D eigenvalue weighted by atomic mass is 10.0. The number of sulfonamides is 1. The molecule has 0 aliphatic rings. The number of nitrogens with zero attached hydrogens (tertiary/aromatic N) is 2. The summed E-state index contributed by atoms with van der Waals surface area (Å²) in [6, 6.07) is 22.2. The first-order valence-corrected chi connectivity index (χ1v) is 15.4. The second kappa shape index (κ2) is 14.7. The molecule has 3 aromatic rings. The van der Waals surface area contributed by atoms with E-state index < -0.39 is 28.5 Å². The van der Waals surface area contributed by atoms with E-state index in [9.17, 15) is 18.0 Å². The monoisotopic (exact) mass is 585 g/mol. The topological polar surface area (TPSA) is 96.0 Å². The fraction of sp³-hybridized carbons (Fsp3) is 0.333. The highest BCUT2D eigenvalue weighted by atomic mass is 35.5. The van der Waals surface area contributed by atoms with Gasteiger partial charge >= 0.3 is 0 Å². The van der Waals surface area contributed by atoms with Crippen molar-refractivity contribution in [2.75, 3.05) is 30.3 Å². The van der Waals surface area contributed by atoms with Crippen molar-refractivity contribution >= 4 is 39.1 Å². The molecule has 1 atom stereocenters. The summed E-state index contributed by atoms with van der Waals surface area (Å²) >= 11 is 6.47. The summed E-state index contributed by atoms with van der Waals surface area (Å²) in [6.07, 6.45) is 2.00. The molecule has 0 saturated carbocycles. The first kappa shape index (κ1) is 31.0. The fourth-order valence-electron chi connectivity index (χ4n) is 4.27. The van der Waals surface area contributed by atoms with Gasteiger partial charge in [-0.2, -0.15) is 0 Å². The van der Waals surface area contributed by atoms with Gasteiger partial charge in [-0.3, -0.25) is 13.9 Å². The zero-order valence-corrected chi connectivity index (χ0v) is 24.6. The molecule has 40 heavy (non-hydrogen) atoms. The highest BCUT2D eigenvalue weighted by molar-refractivity contribution is 7.92. The number of amides is 2. The molecule has 2 amide bonds. The fourth-order valence-corrected chi connectivity index (χ4v) is 5.31. The molecule has 0 aliphatic heterocycles. The van der Waals surface area contributed by atoms with Gasteiger partial charge in [-0.15, -0.1) is 0 Å². The first-order valence-electron chi connectivity index (χ1n) is 13.2. The van der Waals surface area contributed by atoms with E-state index in [1.54, 1.807) is 55.5 Å². The van der Waals surface area contributed by atoms with Gasteiger partial charge in [0, 0.05) is 24.5 Å². The predicted molar refractivity (Wildman–Crippen MR) is 159 cm³/mol. The third-order valence-corrected chi connectivity index (χ3v) is 7.73. The molecule has 3 rings (SSSR count). The van der Waals surface area contributed by atoms with Crippen LogP contribution in [0.15, 0.2) is 78.9 Å². The molecule has 10 heteroatoms. The van der Waals surface area contributed by atoms with Gasteiger partial charge in [0.25, 0.3) is 0 Å². The third-order valence-electron chi connectivity index (χ3n) is 6.23. The van der Waals surface area contributed by atoms with Gasteiger partial charge in [0.15, 0.2) is 0 Å². The van der Waals surface area contributed by atoms with Crippen molar-refractivity contribution in [2.45, 2.75) is 39.3 Å². The van der Waals surface area contributed by atoms with Crippen molar-refractivity contribution in [3.63, 3.8) is 0 Å². The number of halogens is 1. The van der Waals surface area contributed by atoms with Gasteiger partial charge in [0.1, 0.15) is 18.3 Å². The van der Waals surface area contributed by atoms with E-state index in [4.69, 9.17) is 16.3 Å². The molecular formula is C30H36ClN3O5S. The van der Waals surface area contributed by atoms with Crippen molar-refractivity contribution in [1.29, 1.82) is 0 Å². The van der Waals surface area contributed by atoms with Crippen molar-refractivity contribution in [3.05, 3.63) is 95.0 Å². The molecule has 8 nitrogen and oxygen atoms in total. The van der Waals surface area contributed by atoms with Crippen LogP contribution in [0.1, 0.15) is 31.4 Å². The van der Waals surface area contributed by atoms with E-state index in [0.29, 0.717) is 29.5 Å². The summed E-state index contributed by atoms with van der Waals surface area (Å²) in [5.41, 5.74) is 1.74. The number of hydrogen-bond acceptors (Lipinski definition) is 5. The Balaban J connectivity index is 2.08. The number of ether oxygens (including phenoxy) is 1. The number of anilines is 1. The van der Waals surface area contributed by atoms with Crippen LogP contribution in [0.3, 0.4) is 0 Å². The Labute approximate surface area is 241 Å². The van der Waals surface area contributed by atoms with Gasteiger partial charge in [0.05, 0.1) is 18.6 Å². The summed E-state index contributed by atoms with van der Waals surface area (Å²) in [5, 5.41) is 3.35. The summed E-state index contributed by atoms with van der Waals surface area (Å²) in [5.74, 6) is -0.543. The Bertz CT molecular complexity index is 1380. The van der Waals surface area contributed by atoms with Crippen molar-refractivity contribution in [1.82, 2.24) is 10.2 Å². The number of nitrogens with one attached hydrogen (secondary N) is 1. The molecule has 3 aromatic carbocycles. The molecule has 0 aliphatic carbocycles. The number of rotatable bonds is 14. The lowest BCUT2D eigenvalue weighted by molar-refractivity contribution is -0.140. The van der Waals surface area contributed by atoms with E-state index in [1.165, 1.54) is 4.90 Å². The lowest BCUT2D eigenvalue weighted by Gasteiger charge is -2.34. The lowest BCUT2D eigenvalue weighted by Crippen LogP contribution is -2.53. The van der Waals surface area contributed by atoms with Crippen LogP contribution in [0.5, 0.6) is 5.75 Å².